The summed E-state index contributed by atoms with van der Waals surface area (Å²) in [6, 6.07) is 21.8. The molecule has 0 unspecified atom stereocenters. The van der Waals surface area contributed by atoms with Gasteiger partial charge in [-0.05, 0) is 48.5 Å². The topological polar surface area (TPSA) is 63.0 Å². The molecule has 0 saturated heterocycles. The lowest BCUT2D eigenvalue weighted by Gasteiger charge is -2.09. The van der Waals surface area contributed by atoms with Crippen molar-refractivity contribution in [3.8, 4) is 0 Å². The van der Waals surface area contributed by atoms with Crippen LogP contribution < -0.4 is 16.4 Å². The first kappa shape index (κ1) is 13.0. The number of benzene rings is 2. The lowest BCUT2D eigenvalue weighted by atomic mass is 10.2. The summed E-state index contributed by atoms with van der Waals surface area (Å²) in [6.45, 7) is 0. The van der Waals surface area contributed by atoms with Crippen LogP contribution in [0.1, 0.15) is 0 Å². The lowest BCUT2D eigenvalue weighted by molar-refractivity contribution is 1.33. The molecule has 21 heavy (non-hydrogen) atoms. The molecule has 1 heterocycles. The molecule has 0 aliphatic heterocycles. The van der Waals surface area contributed by atoms with Gasteiger partial charge in [0.25, 0.3) is 0 Å². The standard InChI is InChI=1S/C17H16N4/c18-17-11-10-16(12-19-17)21-15-8-6-14(7-9-15)20-13-4-2-1-3-5-13/h1-12,20-21H,(H2,18,19). The molecule has 1 aromatic heterocycles. The van der Waals surface area contributed by atoms with Gasteiger partial charge in [0.1, 0.15) is 5.82 Å². The Balaban J connectivity index is 1.68. The maximum absolute atomic E-state index is 5.57. The molecule has 0 spiro atoms. The maximum atomic E-state index is 5.57. The van der Waals surface area contributed by atoms with Crippen molar-refractivity contribution in [1.29, 1.82) is 0 Å². The number of nitrogens with one attached hydrogen (secondary N) is 2. The molecule has 3 aromatic rings. The van der Waals surface area contributed by atoms with E-state index in [4.69, 9.17) is 5.73 Å². The summed E-state index contributed by atoms with van der Waals surface area (Å²) >= 11 is 0. The number of nitrogens with zero attached hydrogens (tertiary/aromatic N) is 1. The van der Waals surface area contributed by atoms with Crippen LogP contribution in [0.25, 0.3) is 0 Å². The van der Waals surface area contributed by atoms with Crippen molar-refractivity contribution in [2.75, 3.05) is 16.4 Å². The Bertz CT molecular complexity index is 691. The molecule has 0 fully saturated rings. The molecule has 0 bridgehead atoms. The third-order valence-electron chi connectivity index (χ3n) is 3.02. The minimum atomic E-state index is 0.517. The van der Waals surface area contributed by atoms with Crippen LogP contribution in [0.15, 0.2) is 72.9 Å². The Morgan fingerprint density at radius 3 is 1.71 bits per heavy atom. The Kier molecular flexibility index (Phi) is 3.69. The van der Waals surface area contributed by atoms with Crippen LogP contribution in [0.3, 0.4) is 0 Å². The van der Waals surface area contributed by atoms with E-state index < -0.39 is 0 Å². The highest BCUT2D eigenvalue weighted by Crippen LogP contribution is 2.21. The van der Waals surface area contributed by atoms with E-state index in [2.05, 4.69) is 15.6 Å². The van der Waals surface area contributed by atoms with Gasteiger partial charge in [-0.3, -0.25) is 0 Å². The summed E-state index contributed by atoms with van der Waals surface area (Å²) in [7, 11) is 0. The first-order chi connectivity index (χ1) is 10.3. The van der Waals surface area contributed by atoms with Crippen molar-refractivity contribution in [1.82, 2.24) is 4.98 Å². The normalized spacial score (nSPS) is 10.1. The predicted molar refractivity (Wildman–Crippen MR) is 88.1 cm³/mol. The Hall–Kier alpha value is -3.01. The van der Waals surface area contributed by atoms with Crippen molar-refractivity contribution >= 4 is 28.6 Å². The van der Waals surface area contributed by atoms with E-state index in [0.717, 1.165) is 22.7 Å². The van der Waals surface area contributed by atoms with Crippen LogP contribution in [-0.4, -0.2) is 4.98 Å². The third-order valence-corrected chi connectivity index (χ3v) is 3.02. The van der Waals surface area contributed by atoms with Gasteiger partial charge in [-0.1, -0.05) is 18.2 Å². The molecule has 4 heteroatoms. The Morgan fingerprint density at radius 2 is 1.14 bits per heavy atom. The molecule has 0 aliphatic rings. The van der Waals surface area contributed by atoms with Gasteiger partial charge in [0.2, 0.25) is 0 Å². The second kappa shape index (κ2) is 5.96. The third kappa shape index (κ3) is 3.51. The van der Waals surface area contributed by atoms with Gasteiger partial charge >= 0.3 is 0 Å². The number of pyridine rings is 1. The highest BCUT2D eigenvalue weighted by atomic mass is 14.9. The summed E-state index contributed by atoms with van der Waals surface area (Å²) < 4.78 is 0. The van der Waals surface area contributed by atoms with E-state index in [1.54, 1.807) is 12.3 Å². The predicted octanol–water partition coefficient (Wildman–Crippen LogP) is 4.15. The smallest absolute Gasteiger partial charge is 0.123 e. The number of nitrogen functional groups attached to an aromatic ring is 1. The highest BCUT2D eigenvalue weighted by molar-refractivity contribution is 5.65. The highest BCUT2D eigenvalue weighted by Gasteiger charge is 1.97. The van der Waals surface area contributed by atoms with Crippen molar-refractivity contribution in [3.63, 3.8) is 0 Å². The second-order valence-corrected chi connectivity index (χ2v) is 4.67. The van der Waals surface area contributed by atoms with E-state index in [-0.39, 0.29) is 0 Å². The fraction of sp³-hybridized carbons (Fsp3) is 0. The number of nitrogens with two attached hydrogens (primary N) is 1. The maximum Gasteiger partial charge on any atom is 0.123 e. The molecule has 0 saturated carbocycles. The van der Waals surface area contributed by atoms with Crippen LogP contribution in [0.4, 0.5) is 28.6 Å². The molecular weight excluding hydrogens is 260 g/mol. The Labute approximate surface area is 123 Å². The zero-order chi connectivity index (χ0) is 14.5. The minimum absolute atomic E-state index is 0.517. The van der Waals surface area contributed by atoms with E-state index in [0.29, 0.717) is 5.82 Å². The summed E-state index contributed by atoms with van der Waals surface area (Å²) in [5, 5.41) is 6.62. The van der Waals surface area contributed by atoms with Gasteiger partial charge in [0.15, 0.2) is 0 Å². The van der Waals surface area contributed by atoms with E-state index >= 15 is 0 Å². The zero-order valence-corrected chi connectivity index (χ0v) is 11.5. The molecule has 3 rings (SSSR count). The van der Waals surface area contributed by atoms with Crippen molar-refractivity contribution in [3.05, 3.63) is 72.9 Å². The number of hydrogen-bond acceptors (Lipinski definition) is 4. The number of hydrogen-bond donors (Lipinski definition) is 3. The second-order valence-electron chi connectivity index (χ2n) is 4.67. The van der Waals surface area contributed by atoms with Gasteiger partial charge in [0, 0.05) is 17.1 Å². The summed E-state index contributed by atoms with van der Waals surface area (Å²) in [5.41, 5.74) is 9.59. The summed E-state index contributed by atoms with van der Waals surface area (Å²) in [6.07, 6.45) is 1.71. The SMILES string of the molecule is Nc1ccc(Nc2ccc(Nc3ccccc3)cc2)cn1. The molecule has 2 aromatic carbocycles. The van der Waals surface area contributed by atoms with Gasteiger partial charge in [-0.15, -0.1) is 0 Å². The molecular formula is C17H16N4. The monoisotopic (exact) mass is 276 g/mol. The van der Waals surface area contributed by atoms with Gasteiger partial charge < -0.3 is 16.4 Å². The summed E-state index contributed by atoms with van der Waals surface area (Å²) in [4.78, 5) is 4.05. The first-order valence-corrected chi connectivity index (χ1v) is 6.70. The van der Waals surface area contributed by atoms with Crippen molar-refractivity contribution < 1.29 is 0 Å². The molecule has 104 valence electrons. The quantitative estimate of drug-likeness (QED) is 0.670. The van der Waals surface area contributed by atoms with Gasteiger partial charge in [0.05, 0.1) is 11.9 Å². The fourth-order valence-electron chi connectivity index (χ4n) is 1.97. The average Bonchev–Trinajstić information content (AvgIpc) is 2.53. The Morgan fingerprint density at radius 1 is 0.619 bits per heavy atom. The number of para-hydroxylation sites is 1. The van der Waals surface area contributed by atoms with Crippen LogP contribution in [0, 0.1) is 0 Å². The first-order valence-electron chi connectivity index (χ1n) is 6.70. The van der Waals surface area contributed by atoms with E-state index in [1.165, 1.54) is 0 Å². The van der Waals surface area contributed by atoms with Crippen LogP contribution in [-0.2, 0) is 0 Å². The van der Waals surface area contributed by atoms with E-state index in [9.17, 15) is 0 Å². The van der Waals surface area contributed by atoms with Gasteiger partial charge in [-0.25, -0.2) is 4.98 Å². The molecule has 0 aliphatic carbocycles. The molecule has 4 nitrogen and oxygen atoms in total. The van der Waals surface area contributed by atoms with E-state index in [1.807, 2.05) is 60.7 Å². The van der Waals surface area contributed by atoms with Crippen molar-refractivity contribution in [2.24, 2.45) is 0 Å². The number of anilines is 5. The molecule has 0 amide bonds. The lowest BCUT2D eigenvalue weighted by Crippen LogP contribution is -1.94. The molecule has 4 N–H and O–H groups in total. The van der Waals surface area contributed by atoms with Crippen LogP contribution in [0.2, 0.25) is 0 Å². The number of aromatic nitrogens is 1. The average molecular weight is 276 g/mol. The molecule has 0 radical (unpaired) electrons. The summed E-state index contributed by atoms with van der Waals surface area (Å²) in [5.74, 6) is 0.517. The largest absolute Gasteiger partial charge is 0.384 e. The zero-order valence-electron chi connectivity index (χ0n) is 11.5. The van der Waals surface area contributed by atoms with Crippen LogP contribution in [0.5, 0.6) is 0 Å². The van der Waals surface area contributed by atoms with Crippen LogP contribution >= 0.6 is 0 Å². The van der Waals surface area contributed by atoms with Crippen molar-refractivity contribution in [2.45, 2.75) is 0 Å². The number of rotatable bonds is 4. The molecule has 0 atom stereocenters. The fourth-order valence-corrected chi connectivity index (χ4v) is 1.97. The van der Waals surface area contributed by atoms with Gasteiger partial charge in [-0.2, -0.15) is 0 Å². The minimum Gasteiger partial charge on any atom is -0.384 e.